The third-order valence-corrected chi connectivity index (χ3v) is 4.76. The van der Waals surface area contributed by atoms with Crippen LogP contribution in [0.15, 0.2) is 30.6 Å². The van der Waals surface area contributed by atoms with Crippen LogP contribution in [0, 0.1) is 6.92 Å². The monoisotopic (exact) mass is 312 g/mol. The zero-order valence-corrected chi connectivity index (χ0v) is 14.5. The second-order valence-corrected chi connectivity index (χ2v) is 6.94. The lowest BCUT2D eigenvalue weighted by Crippen LogP contribution is -2.33. The molecule has 1 saturated heterocycles. The van der Waals surface area contributed by atoms with Gasteiger partial charge in [-0.15, -0.1) is 0 Å². The number of imidazole rings is 1. The lowest BCUT2D eigenvalue weighted by atomic mass is 9.94. The maximum atomic E-state index is 4.48. The second-order valence-electron chi connectivity index (χ2n) is 6.94. The SMILES string of the molecule is Cc1[nH]cnc1CN1CCCC[C@H]1c1ccc(CN(C)C)cc1. The van der Waals surface area contributed by atoms with Crippen LogP contribution in [0.5, 0.6) is 0 Å². The minimum Gasteiger partial charge on any atom is -0.348 e. The number of likely N-dealkylation sites (tertiary alicyclic amines) is 1. The summed E-state index contributed by atoms with van der Waals surface area (Å²) in [6.45, 7) is 5.22. The van der Waals surface area contributed by atoms with E-state index in [0.717, 1.165) is 19.6 Å². The molecule has 1 N–H and O–H groups in total. The third-order valence-electron chi connectivity index (χ3n) is 4.76. The molecule has 0 unspecified atom stereocenters. The second kappa shape index (κ2) is 7.28. The van der Waals surface area contributed by atoms with Gasteiger partial charge in [-0.1, -0.05) is 30.7 Å². The molecule has 1 atom stereocenters. The first kappa shape index (κ1) is 16.2. The lowest BCUT2D eigenvalue weighted by Gasteiger charge is -2.36. The Labute approximate surface area is 139 Å². The summed E-state index contributed by atoms with van der Waals surface area (Å²) in [6.07, 6.45) is 5.66. The number of H-pyrrole nitrogens is 1. The number of benzene rings is 1. The predicted molar refractivity (Wildman–Crippen MR) is 94.2 cm³/mol. The molecule has 0 bridgehead atoms. The maximum absolute atomic E-state index is 4.48. The van der Waals surface area contributed by atoms with Crippen molar-refractivity contribution in [3.8, 4) is 0 Å². The molecule has 0 saturated carbocycles. The van der Waals surface area contributed by atoms with E-state index >= 15 is 0 Å². The molecule has 0 amide bonds. The molecule has 1 aliphatic rings. The first-order chi connectivity index (χ1) is 11.1. The fourth-order valence-electron chi connectivity index (χ4n) is 3.51. The summed E-state index contributed by atoms with van der Waals surface area (Å²) in [5.74, 6) is 0. The normalized spacial score (nSPS) is 19.4. The fraction of sp³-hybridized carbons (Fsp3) is 0.526. The summed E-state index contributed by atoms with van der Waals surface area (Å²) in [5, 5.41) is 0. The summed E-state index contributed by atoms with van der Waals surface area (Å²) in [7, 11) is 4.23. The van der Waals surface area contributed by atoms with Crippen LogP contribution in [0.25, 0.3) is 0 Å². The van der Waals surface area contributed by atoms with Gasteiger partial charge in [-0.25, -0.2) is 4.98 Å². The van der Waals surface area contributed by atoms with Crippen molar-refractivity contribution in [1.82, 2.24) is 19.8 Å². The molecule has 0 radical (unpaired) electrons. The highest BCUT2D eigenvalue weighted by molar-refractivity contribution is 5.26. The molecule has 0 spiro atoms. The first-order valence-electron chi connectivity index (χ1n) is 8.60. The first-order valence-corrected chi connectivity index (χ1v) is 8.60. The van der Waals surface area contributed by atoms with Crippen molar-refractivity contribution < 1.29 is 0 Å². The van der Waals surface area contributed by atoms with Crippen LogP contribution in [0.3, 0.4) is 0 Å². The van der Waals surface area contributed by atoms with Gasteiger partial charge in [0.25, 0.3) is 0 Å². The molecular formula is C19H28N4. The van der Waals surface area contributed by atoms with Crippen molar-refractivity contribution in [2.45, 2.75) is 45.3 Å². The van der Waals surface area contributed by atoms with Gasteiger partial charge in [0.2, 0.25) is 0 Å². The highest BCUT2D eigenvalue weighted by atomic mass is 15.2. The number of hydrogen-bond acceptors (Lipinski definition) is 3. The van der Waals surface area contributed by atoms with Gasteiger partial charge in [0, 0.05) is 24.8 Å². The van der Waals surface area contributed by atoms with Crippen molar-refractivity contribution in [3.63, 3.8) is 0 Å². The Hall–Kier alpha value is -1.65. The van der Waals surface area contributed by atoms with Gasteiger partial charge in [-0.3, -0.25) is 4.90 Å². The highest BCUT2D eigenvalue weighted by Gasteiger charge is 2.24. The molecule has 1 aromatic heterocycles. The molecule has 23 heavy (non-hydrogen) atoms. The lowest BCUT2D eigenvalue weighted by molar-refractivity contribution is 0.138. The Bertz CT molecular complexity index is 615. The maximum Gasteiger partial charge on any atom is 0.0925 e. The van der Waals surface area contributed by atoms with E-state index < -0.39 is 0 Å². The Morgan fingerprint density at radius 1 is 1.22 bits per heavy atom. The van der Waals surface area contributed by atoms with Crippen molar-refractivity contribution in [3.05, 3.63) is 53.1 Å². The van der Waals surface area contributed by atoms with Gasteiger partial charge in [0.15, 0.2) is 0 Å². The van der Waals surface area contributed by atoms with Gasteiger partial charge in [-0.2, -0.15) is 0 Å². The minimum atomic E-state index is 0.522. The zero-order valence-electron chi connectivity index (χ0n) is 14.5. The molecule has 2 heterocycles. The number of aromatic amines is 1. The number of rotatable bonds is 5. The fourth-order valence-corrected chi connectivity index (χ4v) is 3.51. The smallest absolute Gasteiger partial charge is 0.0925 e. The third kappa shape index (κ3) is 4.01. The van der Waals surface area contributed by atoms with Crippen LogP contribution in [0.4, 0.5) is 0 Å². The summed E-state index contributed by atoms with van der Waals surface area (Å²) >= 11 is 0. The minimum absolute atomic E-state index is 0.522. The quantitative estimate of drug-likeness (QED) is 0.917. The van der Waals surface area contributed by atoms with Crippen LogP contribution in [-0.2, 0) is 13.1 Å². The van der Waals surface area contributed by atoms with Crippen LogP contribution in [-0.4, -0.2) is 40.4 Å². The van der Waals surface area contributed by atoms with E-state index in [9.17, 15) is 0 Å². The van der Waals surface area contributed by atoms with Crippen molar-refractivity contribution in [2.75, 3.05) is 20.6 Å². The molecular weight excluding hydrogens is 284 g/mol. The van der Waals surface area contributed by atoms with Crippen molar-refractivity contribution in [1.29, 1.82) is 0 Å². The standard InChI is InChI=1S/C19H28N4/c1-15-18(21-14-20-15)13-23-11-5-4-6-19(23)17-9-7-16(8-10-17)12-22(2)3/h7-10,14,19H,4-6,11-13H2,1-3H3,(H,20,21)/t19-/m0/s1. The summed E-state index contributed by atoms with van der Waals surface area (Å²) in [4.78, 5) is 12.5. The van der Waals surface area contributed by atoms with E-state index in [2.05, 4.69) is 65.1 Å². The Morgan fingerprint density at radius 3 is 2.65 bits per heavy atom. The zero-order chi connectivity index (χ0) is 16.2. The summed E-state index contributed by atoms with van der Waals surface area (Å²) < 4.78 is 0. The van der Waals surface area contributed by atoms with Crippen LogP contribution in [0.2, 0.25) is 0 Å². The molecule has 1 aromatic carbocycles. The van der Waals surface area contributed by atoms with Crippen molar-refractivity contribution >= 4 is 0 Å². The van der Waals surface area contributed by atoms with E-state index in [0.29, 0.717) is 6.04 Å². The summed E-state index contributed by atoms with van der Waals surface area (Å²) in [5.41, 5.74) is 5.20. The van der Waals surface area contributed by atoms with Gasteiger partial charge in [-0.05, 0) is 51.5 Å². The van der Waals surface area contributed by atoms with E-state index in [-0.39, 0.29) is 0 Å². The molecule has 2 aromatic rings. The largest absolute Gasteiger partial charge is 0.348 e. The number of piperidine rings is 1. The van der Waals surface area contributed by atoms with Gasteiger partial charge >= 0.3 is 0 Å². The topological polar surface area (TPSA) is 35.2 Å². The van der Waals surface area contributed by atoms with Gasteiger partial charge in [0.05, 0.1) is 12.0 Å². The van der Waals surface area contributed by atoms with E-state index in [4.69, 9.17) is 0 Å². The number of aromatic nitrogens is 2. The van der Waals surface area contributed by atoms with E-state index in [1.54, 1.807) is 6.33 Å². The Balaban J connectivity index is 1.74. The van der Waals surface area contributed by atoms with Crippen molar-refractivity contribution in [2.24, 2.45) is 0 Å². The number of aryl methyl sites for hydroxylation is 1. The van der Waals surface area contributed by atoms with E-state index in [1.165, 1.54) is 41.8 Å². The molecule has 1 fully saturated rings. The number of hydrogen-bond donors (Lipinski definition) is 1. The molecule has 124 valence electrons. The molecule has 0 aliphatic carbocycles. The van der Waals surface area contributed by atoms with Gasteiger partial charge in [0.1, 0.15) is 0 Å². The Morgan fingerprint density at radius 2 is 2.00 bits per heavy atom. The van der Waals surface area contributed by atoms with Gasteiger partial charge < -0.3 is 9.88 Å². The average Bonchev–Trinajstić information content (AvgIpc) is 2.93. The van der Waals surface area contributed by atoms with Crippen LogP contribution < -0.4 is 0 Å². The Kier molecular flexibility index (Phi) is 5.13. The molecule has 3 rings (SSSR count). The number of nitrogens with one attached hydrogen (secondary N) is 1. The van der Waals surface area contributed by atoms with Crippen LogP contribution >= 0.6 is 0 Å². The molecule has 4 heteroatoms. The number of nitrogens with zero attached hydrogens (tertiary/aromatic N) is 3. The van der Waals surface area contributed by atoms with Crippen LogP contribution in [0.1, 0.15) is 47.8 Å². The molecule has 1 aliphatic heterocycles. The summed E-state index contributed by atoms with van der Waals surface area (Å²) in [6, 6.07) is 9.72. The highest BCUT2D eigenvalue weighted by Crippen LogP contribution is 2.32. The predicted octanol–water partition coefficient (Wildman–Crippen LogP) is 3.51. The average molecular weight is 312 g/mol. The molecule has 4 nitrogen and oxygen atoms in total. The van der Waals surface area contributed by atoms with E-state index in [1.807, 2.05) is 0 Å².